The first kappa shape index (κ1) is 45.6. The number of benzene rings is 5. The van der Waals surface area contributed by atoms with Crippen molar-refractivity contribution in [2.24, 2.45) is 25.6 Å². The molecule has 5 aromatic carbocycles. The van der Waals surface area contributed by atoms with Crippen LogP contribution in [0.1, 0.15) is 6.92 Å². The van der Waals surface area contributed by atoms with Gasteiger partial charge in [0.1, 0.15) is 22.8 Å². The first-order chi connectivity index (χ1) is 25.0. The van der Waals surface area contributed by atoms with E-state index in [2.05, 4.69) is 25.8 Å². The summed E-state index contributed by atoms with van der Waals surface area (Å²) in [6.07, 6.45) is 0. The number of primary sulfonamides is 1. The van der Waals surface area contributed by atoms with Gasteiger partial charge in [0.15, 0.2) is 11.5 Å². The van der Waals surface area contributed by atoms with Crippen molar-refractivity contribution < 1.29 is 84.7 Å². The number of nitro benzene ring substituents is 2. The molecule has 0 amide bonds. The fourth-order valence-corrected chi connectivity index (χ4v) is 4.95. The Morgan fingerprint density at radius 3 is 2.09 bits per heavy atom. The number of allylic oxidation sites excluding steroid dienone is 1. The van der Waals surface area contributed by atoms with Crippen molar-refractivity contribution in [2.75, 3.05) is 5.32 Å². The molecule has 0 aromatic heterocycles. The minimum Gasteiger partial charge on any atom is -0.859 e. The Balaban J connectivity index is 0.000000377. The van der Waals surface area contributed by atoms with Crippen molar-refractivity contribution in [3.63, 3.8) is 0 Å². The smallest absolute Gasteiger partial charge is 0.859 e. The van der Waals surface area contributed by atoms with Crippen molar-refractivity contribution in [1.82, 2.24) is 0 Å². The summed E-state index contributed by atoms with van der Waals surface area (Å²) in [7, 11) is -3.92. The number of Topliss-reactive ketones (excluding diaryl/α,β-unsaturated/α-hetero) is 1. The van der Waals surface area contributed by atoms with Gasteiger partial charge in [0.25, 0.3) is 11.4 Å². The molecule has 0 bridgehead atoms. The van der Waals surface area contributed by atoms with Crippen LogP contribution < -0.4 is 45.1 Å². The molecule has 0 unspecified atom stereocenters. The Morgan fingerprint density at radius 2 is 1.51 bits per heavy atom. The monoisotopic (exact) mass is 843 g/mol. The number of phenolic OH excluding ortho intramolecular Hbond substituents is 2. The topological polar surface area (TPSA) is 312 Å². The first-order valence-electron chi connectivity index (χ1n) is 14.5. The van der Waals surface area contributed by atoms with Gasteiger partial charge in [-0.2, -0.15) is 5.11 Å². The quantitative estimate of drug-likeness (QED) is 0.0379. The number of hydrogen-bond acceptors (Lipinski definition) is 15. The minimum atomic E-state index is -3.92. The molecule has 0 spiro atoms. The summed E-state index contributed by atoms with van der Waals surface area (Å²) in [5.74, 6) is -2.76. The molecule has 0 atom stereocenters. The molecular formula is C32H24ClCoN9NaO10S-. The van der Waals surface area contributed by atoms with Gasteiger partial charge in [0, 0.05) is 53.0 Å². The molecule has 0 aliphatic heterocycles. The number of sulfonamides is 1. The number of anilines is 1. The predicted molar refractivity (Wildman–Crippen MR) is 190 cm³/mol. The molecule has 0 heterocycles. The van der Waals surface area contributed by atoms with Gasteiger partial charge in [-0.05, 0) is 41.6 Å². The minimum absolute atomic E-state index is 0. The predicted octanol–water partition coefficient (Wildman–Crippen LogP) is 4.47. The second-order valence-corrected chi connectivity index (χ2v) is 12.5. The molecule has 281 valence electrons. The molecule has 5 rings (SSSR count). The van der Waals surface area contributed by atoms with E-state index in [1.54, 1.807) is 6.07 Å². The number of rotatable bonds is 10. The number of carbonyl (C=O) groups is 1. The van der Waals surface area contributed by atoms with E-state index in [4.69, 9.17) is 22.5 Å². The molecule has 0 aliphatic rings. The van der Waals surface area contributed by atoms with E-state index in [-0.39, 0.29) is 84.8 Å². The van der Waals surface area contributed by atoms with Crippen LogP contribution in [0, 0.1) is 20.2 Å². The number of nitrogens with two attached hydrogens (primary N) is 1. The van der Waals surface area contributed by atoms with Crippen LogP contribution in [-0.4, -0.2) is 34.3 Å². The maximum absolute atomic E-state index is 12.3. The van der Waals surface area contributed by atoms with Crippen LogP contribution in [0.15, 0.2) is 128 Å². The van der Waals surface area contributed by atoms with Crippen molar-refractivity contribution in [3.8, 4) is 11.5 Å². The zero-order valence-corrected chi connectivity index (χ0v) is 32.8. The van der Waals surface area contributed by atoms with Crippen LogP contribution in [0.2, 0.25) is 5.02 Å². The van der Waals surface area contributed by atoms with Gasteiger partial charge in [-0.3, -0.25) is 25.0 Å². The molecule has 5 aromatic rings. The third kappa shape index (κ3) is 12.0. The average molecular weight is 844 g/mol. The molecule has 6 N–H and O–H groups in total. The largest absolute Gasteiger partial charge is 1.00 e. The second kappa shape index (κ2) is 19.7. The zero-order valence-electron chi connectivity index (χ0n) is 28.2. The van der Waals surface area contributed by atoms with E-state index in [9.17, 15) is 48.8 Å². The van der Waals surface area contributed by atoms with E-state index in [1.165, 1.54) is 24.3 Å². The van der Waals surface area contributed by atoms with Gasteiger partial charge in [0.05, 0.1) is 31.5 Å². The summed E-state index contributed by atoms with van der Waals surface area (Å²) < 4.78 is 22.5. The standard InChI is InChI=1S/C16H14ClN5O7S.C16H11N4O3.Co.Na/c1-8(23)14(16(25)19-9-2-4-11(5-3-9)30(18,28)29)21-20-13-7-10(22(26)27)6-12(17)15(13)24;17-13-7-5-10-3-1-2-4-12(10)16(13)19-18-14-8-6-11(20(22)23)9-15(14)21;;/h2-7,19,24-25H,1H3,(H2,18,28,29);1-9H,(H2-,17,18,19,21);;/q;-1;;+1/p-1/b16-14-,21-20?;;;. The summed E-state index contributed by atoms with van der Waals surface area (Å²) in [5.41, 5.74) is 6.92. The normalized spacial score (nSPS) is 11.5. The van der Waals surface area contributed by atoms with E-state index in [0.717, 1.165) is 48.0 Å². The number of azo groups is 2. The van der Waals surface area contributed by atoms with E-state index >= 15 is 0 Å². The van der Waals surface area contributed by atoms with Crippen molar-refractivity contribution >= 4 is 78.0 Å². The molecule has 55 heavy (non-hydrogen) atoms. The molecule has 19 nitrogen and oxygen atoms in total. The molecule has 0 saturated heterocycles. The van der Waals surface area contributed by atoms with Gasteiger partial charge in [0.2, 0.25) is 10.0 Å². The number of phenols is 2. The third-order valence-corrected chi connectivity index (χ3v) is 8.03. The van der Waals surface area contributed by atoms with Crippen LogP contribution in [0.25, 0.3) is 16.5 Å². The maximum atomic E-state index is 12.3. The van der Waals surface area contributed by atoms with Gasteiger partial charge >= 0.3 is 29.6 Å². The maximum Gasteiger partial charge on any atom is 1.00 e. The van der Waals surface area contributed by atoms with Gasteiger partial charge in [-0.1, -0.05) is 48.0 Å². The fraction of sp³-hybridized carbons (Fsp3) is 0.0312. The first-order valence-corrected chi connectivity index (χ1v) is 16.4. The van der Waals surface area contributed by atoms with Crippen LogP contribution in [-0.2, 0) is 31.6 Å². The van der Waals surface area contributed by atoms with Crippen LogP contribution >= 0.6 is 11.6 Å². The third-order valence-electron chi connectivity index (χ3n) is 6.81. The number of halogens is 1. The Labute approximate surface area is 348 Å². The molecule has 1 radical (unpaired) electrons. The number of hydrogen-bond donors (Lipinski definition) is 4. The Hall–Kier alpha value is -5.52. The molecule has 23 heteroatoms. The average Bonchev–Trinajstić information content (AvgIpc) is 3.10. The summed E-state index contributed by atoms with van der Waals surface area (Å²) in [6.45, 7) is 1.03. The number of nitrogens with one attached hydrogen (secondary N) is 2. The number of nitro groups is 2. The Kier molecular flexibility index (Phi) is 16.3. The molecule has 0 aliphatic carbocycles. The number of carbonyl (C=O) groups excluding carboxylic acids is 1. The van der Waals surface area contributed by atoms with Crippen molar-refractivity contribution in [2.45, 2.75) is 11.8 Å². The van der Waals surface area contributed by atoms with Crippen LogP contribution in [0.4, 0.5) is 39.8 Å². The van der Waals surface area contributed by atoms with E-state index in [1.807, 2.05) is 30.3 Å². The summed E-state index contributed by atoms with van der Waals surface area (Å²) >= 11 is 5.69. The number of aromatic hydroxyl groups is 2. The zero-order chi connectivity index (χ0) is 39.0. The summed E-state index contributed by atoms with van der Waals surface area (Å²) in [6, 6.07) is 20.9. The van der Waals surface area contributed by atoms with Crippen molar-refractivity contribution in [3.05, 3.63) is 134 Å². The number of non-ortho nitro benzene ring substituents is 2. The Bertz CT molecular complexity index is 2470. The molecule has 0 fully saturated rings. The van der Waals surface area contributed by atoms with Crippen LogP contribution in [0.5, 0.6) is 11.5 Å². The number of nitrogens with zero attached hydrogens (tertiary/aromatic N) is 6. The SMILES string of the molecule is CC(=O)/C(N=Nc1cc([N+](=O)[O-])cc(Cl)c1O)=C(/[O-])Nc1ccc(S(N)(=O)=O)cc1.[Co].[NH-]c1ccc2ccccc2c1N=Nc1ccc([N+](=O)[O-])cc1O.[Na+]. The molecular weight excluding hydrogens is 820 g/mol. The van der Waals surface area contributed by atoms with Gasteiger partial charge in [-0.15, -0.1) is 21.0 Å². The second-order valence-electron chi connectivity index (χ2n) is 10.5. The van der Waals surface area contributed by atoms with Crippen molar-refractivity contribution in [1.29, 1.82) is 0 Å². The van der Waals surface area contributed by atoms with E-state index < -0.39 is 54.4 Å². The van der Waals surface area contributed by atoms with Gasteiger partial charge in [-0.25, -0.2) is 13.6 Å². The van der Waals surface area contributed by atoms with Crippen LogP contribution in [0.3, 0.4) is 0 Å². The number of fused-ring (bicyclic) bond motifs is 1. The Morgan fingerprint density at radius 1 is 0.873 bits per heavy atom. The van der Waals surface area contributed by atoms with Gasteiger partial charge < -0.3 is 26.4 Å². The fourth-order valence-electron chi connectivity index (χ4n) is 4.23. The molecule has 0 saturated carbocycles. The summed E-state index contributed by atoms with van der Waals surface area (Å²) in [5, 5.41) is 77.1. The van der Waals surface area contributed by atoms with E-state index in [0.29, 0.717) is 5.69 Å². The number of ketones is 1. The summed E-state index contributed by atoms with van der Waals surface area (Å²) in [4.78, 5) is 31.7.